The fraction of sp³-hybridized carbons (Fsp3) is 0.259. The molecule has 0 aliphatic carbocycles. The number of hydrogen-bond acceptors (Lipinski definition) is 2. The van der Waals surface area contributed by atoms with Crippen molar-refractivity contribution < 1.29 is 4.74 Å². The number of nitrogens with zero attached hydrogens (tertiary/aromatic N) is 1. The number of halogens is 1. The molecule has 0 N–H and O–H groups in total. The quantitative estimate of drug-likeness (QED) is 0.271. The lowest BCUT2D eigenvalue weighted by molar-refractivity contribution is 0.223. The fourth-order valence-corrected chi connectivity index (χ4v) is 3.89. The third-order valence-electron chi connectivity index (χ3n) is 5.33. The van der Waals surface area contributed by atoms with E-state index in [0.717, 1.165) is 53.2 Å². The average molecular weight is 420 g/mol. The molecule has 0 unspecified atom stereocenters. The first-order valence-electron chi connectivity index (χ1n) is 10.6. The predicted octanol–water partition coefficient (Wildman–Crippen LogP) is 6.61. The van der Waals surface area contributed by atoms with Crippen molar-refractivity contribution in [3.05, 3.63) is 102 Å². The molecular formula is C27H30ClNO. The Morgan fingerprint density at radius 1 is 0.733 bits per heavy atom. The molecular weight excluding hydrogens is 390 g/mol. The normalized spacial score (nSPS) is 12.0. The number of hydrogen-bond donors (Lipinski definition) is 0. The van der Waals surface area contributed by atoms with Crippen molar-refractivity contribution in [2.75, 3.05) is 32.1 Å². The van der Waals surface area contributed by atoms with Crippen LogP contribution in [0.25, 0.3) is 11.1 Å². The minimum atomic E-state index is 0.441. The molecule has 0 aromatic heterocycles. The van der Waals surface area contributed by atoms with Crippen LogP contribution in [0.3, 0.4) is 0 Å². The second-order valence-electron chi connectivity index (χ2n) is 7.12. The summed E-state index contributed by atoms with van der Waals surface area (Å²) in [7, 11) is 0. The number of rotatable bonds is 10. The summed E-state index contributed by atoms with van der Waals surface area (Å²) in [5.41, 5.74) is 5.72. The molecule has 3 aromatic carbocycles. The highest BCUT2D eigenvalue weighted by Crippen LogP contribution is 2.33. The second-order valence-corrected chi connectivity index (χ2v) is 7.39. The van der Waals surface area contributed by atoms with Gasteiger partial charge in [-0.25, -0.2) is 0 Å². The summed E-state index contributed by atoms with van der Waals surface area (Å²) < 4.78 is 5.97. The van der Waals surface area contributed by atoms with E-state index in [0.29, 0.717) is 12.5 Å². The van der Waals surface area contributed by atoms with Crippen LogP contribution >= 0.6 is 11.6 Å². The Kier molecular flexibility index (Phi) is 8.55. The fourth-order valence-electron chi connectivity index (χ4n) is 3.60. The van der Waals surface area contributed by atoms with Crippen molar-refractivity contribution >= 4 is 22.7 Å². The maximum atomic E-state index is 6.47. The van der Waals surface area contributed by atoms with Crippen LogP contribution < -0.4 is 4.74 Å². The summed E-state index contributed by atoms with van der Waals surface area (Å²) in [6.07, 6.45) is 0. The minimum Gasteiger partial charge on any atom is -0.492 e. The third-order valence-corrected chi connectivity index (χ3v) is 5.60. The lowest BCUT2D eigenvalue weighted by Gasteiger charge is -2.18. The van der Waals surface area contributed by atoms with Crippen LogP contribution in [0, 0.1) is 0 Å². The van der Waals surface area contributed by atoms with Crippen molar-refractivity contribution in [2.45, 2.75) is 13.8 Å². The minimum absolute atomic E-state index is 0.441. The molecule has 0 amide bonds. The highest BCUT2D eigenvalue weighted by atomic mass is 35.5. The van der Waals surface area contributed by atoms with E-state index < -0.39 is 0 Å². The van der Waals surface area contributed by atoms with Gasteiger partial charge in [0.15, 0.2) is 0 Å². The van der Waals surface area contributed by atoms with E-state index in [2.05, 4.69) is 91.5 Å². The molecule has 2 nitrogen and oxygen atoms in total. The Bertz CT molecular complexity index is 916. The van der Waals surface area contributed by atoms with Crippen molar-refractivity contribution in [3.63, 3.8) is 0 Å². The van der Waals surface area contributed by atoms with Gasteiger partial charge in [-0.2, -0.15) is 0 Å². The molecule has 0 aliphatic rings. The zero-order chi connectivity index (χ0) is 21.2. The van der Waals surface area contributed by atoms with Gasteiger partial charge in [0, 0.05) is 12.4 Å². The molecule has 0 saturated carbocycles. The summed E-state index contributed by atoms with van der Waals surface area (Å²) in [5.74, 6) is 1.33. The number of allylic oxidation sites excluding steroid dienone is 1. The largest absolute Gasteiger partial charge is 0.492 e. The molecule has 0 atom stereocenters. The predicted molar refractivity (Wildman–Crippen MR) is 129 cm³/mol. The smallest absolute Gasteiger partial charge is 0.119 e. The van der Waals surface area contributed by atoms with E-state index in [1.807, 2.05) is 12.1 Å². The zero-order valence-electron chi connectivity index (χ0n) is 17.9. The first kappa shape index (κ1) is 22.1. The van der Waals surface area contributed by atoms with Gasteiger partial charge < -0.3 is 9.64 Å². The van der Waals surface area contributed by atoms with E-state index in [-0.39, 0.29) is 0 Å². The highest BCUT2D eigenvalue weighted by molar-refractivity contribution is 6.25. The standard InChI is InChI=1S/C27H30ClNO/c1-3-29(4-2)19-20-30-25-17-15-24(16-18-25)27(23-13-9-6-10-14-23)26(21-28)22-11-7-5-8-12-22/h5-18H,3-4,19-21H2,1-2H3/b27-26-. The number of alkyl halides is 1. The summed E-state index contributed by atoms with van der Waals surface area (Å²) in [4.78, 5) is 2.36. The number of benzene rings is 3. The number of ether oxygens (including phenoxy) is 1. The first-order valence-corrected chi connectivity index (χ1v) is 11.2. The molecule has 0 fully saturated rings. The van der Waals surface area contributed by atoms with Gasteiger partial charge in [0.1, 0.15) is 12.4 Å². The van der Waals surface area contributed by atoms with Crippen LogP contribution in [0.5, 0.6) is 5.75 Å². The van der Waals surface area contributed by atoms with Gasteiger partial charge in [0.2, 0.25) is 0 Å². The van der Waals surface area contributed by atoms with E-state index in [1.165, 1.54) is 0 Å². The molecule has 0 bridgehead atoms. The maximum absolute atomic E-state index is 6.47. The van der Waals surface area contributed by atoms with E-state index >= 15 is 0 Å². The Morgan fingerprint density at radius 3 is 1.80 bits per heavy atom. The van der Waals surface area contributed by atoms with Crippen molar-refractivity contribution in [1.29, 1.82) is 0 Å². The van der Waals surface area contributed by atoms with E-state index in [9.17, 15) is 0 Å². The zero-order valence-corrected chi connectivity index (χ0v) is 18.6. The monoisotopic (exact) mass is 419 g/mol. The van der Waals surface area contributed by atoms with Gasteiger partial charge in [-0.15, -0.1) is 11.6 Å². The number of likely N-dealkylation sites (N-methyl/N-ethyl adjacent to an activating group) is 1. The molecule has 0 heterocycles. The van der Waals surface area contributed by atoms with Crippen LogP contribution in [0.15, 0.2) is 84.9 Å². The van der Waals surface area contributed by atoms with Crippen molar-refractivity contribution in [1.82, 2.24) is 4.90 Å². The average Bonchev–Trinajstić information content (AvgIpc) is 2.82. The van der Waals surface area contributed by atoms with E-state index in [1.54, 1.807) is 0 Å². The summed E-state index contributed by atoms with van der Waals surface area (Å²) in [6.45, 7) is 8.08. The molecule has 156 valence electrons. The van der Waals surface area contributed by atoms with Gasteiger partial charge in [0.05, 0.1) is 0 Å². The van der Waals surface area contributed by atoms with Crippen LogP contribution in [-0.4, -0.2) is 37.0 Å². The molecule has 0 saturated heterocycles. The summed E-state index contributed by atoms with van der Waals surface area (Å²) in [5, 5.41) is 0. The topological polar surface area (TPSA) is 12.5 Å². The molecule has 0 spiro atoms. The van der Waals surface area contributed by atoms with Crippen molar-refractivity contribution in [3.8, 4) is 5.75 Å². The highest BCUT2D eigenvalue weighted by Gasteiger charge is 2.13. The van der Waals surface area contributed by atoms with Gasteiger partial charge >= 0.3 is 0 Å². The van der Waals surface area contributed by atoms with Gasteiger partial charge in [-0.05, 0) is 53.1 Å². The molecule has 3 rings (SSSR count). The molecule has 0 radical (unpaired) electrons. The summed E-state index contributed by atoms with van der Waals surface area (Å²) >= 11 is 6.47. The van der Waals surface area contributed by atoms with Gasteiger partial charge in [-0.3, -0.25) is 0 Å². The Hall–Kier alpha value is -2.55. The van der Waals surface area contributed by atoms with Gasteiger partial charge in [0.25, 0.3) is 0 Å². The Balaban J connectivity index is 1.91. The lowest BCUT2D eigenvalue weighted by atomic mass is 9.90. The SMILES string of the molecule is CCN(CC)CCOc1ccc(/C(=C(/CCl)c2ccccc2)c2ccccc2)cc1. The first-order chi connectivity index (χ1) is 14.8. The van der Waals surface area contributed by atoms with E-state index in [4.69, 9.17) is 16.3 Å². The Morgan fingerprint density at radius 2 is 1.27 bits per heavy atom. The second kappa shape index (κ2) is 11.6. The van der Waals surface area contributed by atoms with Crippen LogP contribution in [0.4, 0.5) is 0 Å². The lowest BCUT2D eigenvalue weighted by Crippen LogP contribution is -2.27. The molecule has 3 aromatic rings. The molecule has 3 heteroatoms. The third kappa shape index (κ3) is 5.75. The van der Waals surface area contributed by atoms with Crippen LogP contribution in [0.1, 0.15) is 30.5 Å². The van der Waals surface area contributed by atoms with Gasteiger partial charge in [-0.1, -0.05) is 86.6 Å². The molecule has 0 aliphatic heterocycles. The summed E-state index contributed by atoms with van der Waals surface area (Å²) in [6, 6.07) is 29.2. The van der Waals surface area contributed by atoms with Crippen molar-refractivity contribution in [2.24, 2.45) is 0 Å². The Labute approximate surface area is 185 Å². The maximum Gasteiger partial charge on any atom is 0.119 e. The van der Waals surface area contributed by atoms with Crippen LogP contribution in [0.2, 0.25) is 0 Å². The van der Waals surface area contributed by atoms with Crippen LogP contribution in [-0.2, 0) is 0 Å². The molecule has 30 heavy (non-hydrogen) atoms.